The molecular formula is C35H37NO7. The van der Waals surface area contributed by atoms with Crippen molar-refractivity contribution in [2.45, 2.75) is 65.2 Å². The van der Waals surface area contributed by atoms with Crippen LogP contribution in [0.2, 0.25) is 0 Å². The van der Waals surface area contributed by atoms with E-state index < -0.39 is 17.0 Å². The van der Waals surface area contributed by atoms with Crippen molar-refractivity contribution in [3.05, 3.63) is 78.5 Å². The third-order valence-electron chi connectivity index (χ3n) is 9.42. The highest BCUT2D eigenvalue weighted by Gasteiger charge is 2.42. The summed E-state index contributed by atoms with van der Waals surface area (Å²) in [5.41, 5.74) is 3.96. The Morgan fingerprint density at radius 1 is 0.907 bits per heavy atom. The van der Waals surface area contributed by atoms with Gasteiger partial charge in [-0.3, -0.25) is 4.79 Å². The summed E-state index contributed by atoms with van der Waals surface area (Å²) >= 11 is 0. The number of carbonyl (C=O) groups excluding carboxylic acids is 1. The first-order chi connectivity index (χ1) is 20.3. The van der Waals surface area contributed by atoms with Crippen LogP contribution in [0, 0.1) is 6.92 Å². The van der Waals surface area contributed by atoms with Gasteiger partial charge in [-0.15, -0.1) is 0 Å². The van der Waals surface area contributed by atoms with Gasteiger partial charge in [0.2, 0.25) is 0 Å². The van der Waals surface area contributed by atoms with Crippen molar-refractivity contribution in [3.8, 4) is 11.5 Å². The number of ether oxygens (including phenoxy) is 2. The number of nitrogens with zero attached hydrogens (tertiary/aromatic N) is 1. The average molecular weight is 584 g/mol. The lowest BCUT2D eigenvalue weighted by Crippen LogP contribution is -2.44. The van der Waals surface area contributed by atoms with Gasteiger partial charge in [0.1, 0.15) is 28.2 Å². The van der Waals surface area contributed by atoms with Gasteiger partial charge in [0, 0.05) is 41.9 Å². The van der Waals surface area contributed by atoms with Crippen molar-refractivity contribution in [2.75, 3.05) is 32.2 Å². The predicted octanol–water partition coefficient (Wildman–Crippen LogP) is 6.68. The Labute approximate surface area is 249 Å². The van der Waals surface area contributed by atoms with Crippen LogP contribution in [-0.2, 0) is 10.8 Å². The normalized spacial score (nSPS) is 17.2. The zero-order valence-electron chi connectivity index (χ0n) is 26.0. The average Bonchev–Trinajstić information content (AvgIpc) is 2.96. The molecule has 0 aliphatic carbocycles. The van der Waals surface area contributed by atoms with Crippen LogP contribution in [0.5, 0.6) is 11.5 Å². The SMILES string of the molecule is COc1cc(OC)c2cc(C(=O)/C(C)=C/c3c(C)c4cc5c6c(c4oc3=O)C(C)(C)CCN6CCC5(C)C)c(=O)oc2c1. The van der Waals surface area contributed by atoms with Crippen molar-refractivity contribution in [1.29, 1.82) is 0 Å². The summed E-state index contributed by atoms with van der Waals surface area (Å²) in [5, 5.41) is 1.33. The summed E-state index contributed by atoms with van der Waals surface area (Å²) in [7, 11) is 2.98. The highest BCUT2D eigenvalue weighted by atomic mass is 16.5. The molecule has 4 aromatic rings. The first kappa shape index (κ1) is 28.8. The van der Waals surface area contributed by atoms with E-state index in [1.54, 1.807) is 19.1 Å². The quantitative estimate of drug-likeness (QED) is 0.146. The summed E-state index contributed by atoms with van der Waals surface area (Å²) in [6.45, 7) is 14.4. The molecule has 0 saturated heterocycles. The number of aryl methyl sites for hydroxylation is 1. The van der Waals surface area contributed by atoms with Gasteiger partial charge >= 0.3 is 11.3 Å². The zero-order valence-corrected chi connectivity index (χ0v) is 26.0. The molecule has 0 unspecified atom stereocenters. The van der Waals surface area contributed by atoms with Gasteiger partial charge in [0.15, 0.2) is 5.78 Å². The van der Waals surface area contributed by atoms with E-state index in [0.717, 1.165) is 42.4 Å². The summed E-state index contributed by atoms with van der Waals surface area (Å²) in [6, 6.07) is 6.85. The maximum Gasteiger partial charge on any atom is 0.347 e. The van der Waals surface area contributed by atoms with Crippen molar-refractivity contribution < 1.29 is 23.1 Å². The molecule has 8 heteroatoms. The van der Waals surface area contributed by atoms with Crippen molar-refractivity contribution >= 4 is 39.5 Å². The first-order valence-corrected chi connectivity index (χ1v) is 14.6. The third-order valence-corrected chi connectivity index (χ3v) is 9.42. The molecule has 0 atom stereocenters. The Bertz CT molecular complexity index is 1990. The number of Topliss-reactive ketones (excluding diaryl/α,β-unsaturated/α-hetero) is 1. The van der Waals surface area contributed by atoms with Crippen LogP contribution in [0.1, 0.15) is 80.1 Å². The highest BCUT2D eigenvalue weighted by Crippen LogP contribution is 2.52. The molecule has 0 saturated carbocycles. The Balaban J connectivity index is 1.51. The highest BCUT2D eigenvalue weighted by molar-refractivity contribution is 6.12. The minimum Gasteiger partial charge on any atom is -0.496 e. The molecule has 43 heavy (non-hydrogen) atoms. The number of ketones is 1. The molecule has 2 aliphatic heterocycles. The van der Waals surface area contributed by atoms with E-state index in [0.29, 0.717) is 22.5 Å². The lowest BCUT2D eigenvalue weighted by atomic mass is 9.69. The van der Waals surface area contributed by atoms with Crippen LogP contribution in [0.15, 0.2) is 48.3 Å². The minimum atomic E-state index is -0.789. The molecule has 0 bridgehead atoms. The van der Waals surface area contributed by atoms with E-state index in [1.165, 1.54) is 37.6 Å². The maximum absolute atomic E-state index is 13.6. The number of carbonyl (C=O) groups is 1. The van der Waals surface area contributed by atoms with E-state index >= 15 is 0 Å². The number of hydrogen-bond donors (Lipinski definition) is 0. The molecule has 2 aromatic carbocycles. The number of fused-ring (bicyclic) bond motifs is 3. The summed E-state index contributed by atoms with van der Waals surface area (Å²) < 4.78 is 22.3. The van der Waals surface area contributed by atoms with Gasteiger partial charge in [-0.2, -0.15) is 0 Å². The monoisotopic (exact) mass is 583 g/mol. The third kappa shape index (κ3) is 4.46. The number of rotatable bonds is 5. The van der Waals surface area contributed by atoms with Crippen LogP contribution >= 0.6 is 0 Å². The molecule has 4 heterocycles. The fourth-order valence-electron chi connectivity index (χ4n) is 6.65. The Morgan fingerprint density at radius 3 is 2.28 bits per heavy atom. The van der Waals surface area contributed by atoms with Crippen molar-refractivity contribution in [2.24, 2.45) is 0 Å². The second kappa shape index (κ2) is 9.86. The van der Waals surface area contributed by atoms with Crippen molar-refractivity contribution in [3.63, 3.8) is 0 Å². The molecule has 0 radical (unpaired) electrons. The molecule has 0 spiro atoms. The van der Waals surface area contributed by atoms with Gasteiger partial charge in [-0.25, -0.2) is 9.59 Å². The van der Waals surface area contributed by atoms with Crippen LogP contribution in [-0.4, -0.2) is 33.1 Å². The zero-order chi connectivity index (χ0) is 31.0. The Hall–Kier alpha value is -4.33. The van der Waals surface area contributed by atoms with Crippen LogP contribution in [0.25, 0.3) is 28.0 Å². The molecule has 0 fully saturated rings. The molecule has 224 valence electrons. The Morgan fingerprint density at radius 2 is 1.60 bits per heavy atom. The summed E-state index contributed by atoms with van der Waals surface area (Å²) in [4.78, 5) is 42.5. The van der Waals surface area contributed by atoms with Crippen LogP contribution < -0.4 is 25.6 Å². The van der Waals surface area contributed by atoms with E-state index in [4.69, 9.17) is 18.3 Å². The fourth-order valence-corrected chi connectivity index (χ4v) is 6.65. The lowest BCUT2D eigenvalue weighted by molar-refractivity contribution is 0.103. The van der Waals surface area contributed by atoms with E-state index in [9.17, 15) is 14.4 Å². The van der Waals surface area contributed by atoms with Crippen LogP contribution in [0.4, 0.5) is 5.69 Å². The summed E-state index contributed by atoms with van der Waals surface area (Å²) in [6.07, 6.45) is 3.52. The number of methoxy groups -OCH3 is 2. The standard InChI is InChI=1S/C35H37NO7/c1-18(30(37)24-16-23-26(41-8)14-20(40-7)15-27(23)42-33(24)39)13-22-19(2)21-17-25-29-28(31(21)43-32(22)38)35(5,6)10-12-36(29)11-9-34(25,3)4/h13-17H,9-12H2,1-8H3/b18-13+. The van der Waals surface area contributed by atoms with Crippen LogP contribution in [0.3, 0.4) is 0 Å². The second-order valence-electron chi connectivity index (χ2n) is 13.1. The molecule has 8 nitrogen and oxygen atoms in total. The predicted molar refractivity (Wildman–Crippen MR) is 168 cm³/mol. The molecule has 6 rings (SSSR count). The minimum absolute atomic E-state index is 0.0398. The molecule has 0 N–H and O–H groups in total. The number of hydrogen-bond acceptors (Lipinski definition) is 8. The molecule has 2 aliphatic rings. The first-order valence-electron chi connectivity index (χ1n) is 14.6. The van der Waals surface area contributed by atoms with Gasteiger partial charge < -0.3 is 23.2 Å². The number of allylic oxidation sites excluding steroid dienone is 1. The fraction of sp³-hybridized carbons (Fsp3) is 0.400. The smallest absolute Gasteiger partial charge is 0.347 e. The van der Waals surface area contributed by atoms with Gasteiger partial charge in [-0.05, 0) is 72.4 Å². The van der Waals surface area contributed by atoms with Gasteiger partial charge in [0.05, 0.1) is 25.2 Å². The van der Waals surface area contributed by atoms with Crippen molar-refractivity contribution in [1.82, 2.24) is 0 Å². The lowest BCUT2D eigenvalue weighted by Gasteiger charge is -2.48. The van der Waals surface area contributed by atoms with E-state index in [-0.39, 0.29) is 33.1 Å². The molecule has 2 aromatic heterocycles. The largest absolute Gasteiger partial charge is 0.496 e. The van der Waals surface area contributed by atoms with E-state index in [1.807, 2.05) is 6.92 Å². The van der Waals surface area contributed by atoms with Gasteiger partial charge in [0.25, 0.3) is 0 Å². The van der Waals surface area contributed by atoms with Gasteiger partial charge in [-0.1, -0.05) is 27.7 Å². The summed E-state index contributed by atoms with van der Waals surface area (Å²) in [5.74, 6) is 0.304. The Kier molecular flexibility index (Phi) is 6.60. The molecule has 0 amide bonds. The second-order valence-corrected chi connectivity index (χ2v) is 13.1. The maximum atomic E-state index is 13.6. The topological polar surface area (TPSA) is 99.2 Å². The number of benzene rings is 2. The molecular weight excluding hydrogens is 546 g/mol. The number of anilines is 1. The van der Waals surface area contributed by atoms with E-state index in [2.05, 4.69) is 38.7 Å².